The standard InChI is InChI=1S/C17H18O4S/c1-21-17-14-10-6-5-7-12(16(17)18)11-15(14)22(19,20)13-8-3-2-4-9-13/h2-4,8-9,11,18H,5-7,10H2,1H3. The normalized spacial score (nSPS) is 14.4. The molecule has 1 N–H and O–H groups in total. The van der Waals surface area contributed by atoms with Crippen LogP contribution >= 0.6 is 0 Å². The molecular formula is C17H18O4S. The van der Waals surface area contributed by atoms with E-state index in [1.165, 1.54) is 7.11 Å². The number of hydrogen-bond donors (Lipinski definition) is 1. The zero-order valence-corrected chi connectivity index (χ0v) is 13.2. The van der Waals surface area contributed by atoms with Crippen molar-refractivity contribution in [3.63, 3.8) is 0 Å². The lowest BCUT2D eigenvalue weighted by atomic mass is 9.95. The quantitative estimate of drug-likeness (QED) is 0.944. The number of aromatic hydroxyl groups is 1. The van der Waals surface area contributed by atoms with Crippen LogP contribution < -0.4 is 4.74 Å². The fourth-order valence-electron chi connectivity index (χ4n) is 2.95. The molecule has 2 aliphatic carbocycles. The molecule has 0 fully saturated rings. The van der Waals surface area contributed by atoms with E-state index in [2.05, 4.69) is 0 Å². The van der Waals surface area contributed by atoms with Crippen LogP contribution in [0, 0.1) is 0 Å². The second-order valence-corrected chi connectivity index (χ2v) is 7.34. The molecular weight excluding hydrogens is 300 g/mol. The number of hydrogen-bond acceptors (Lipinski definition) is 4. The molecule has 4 nitrogen and oxygen atoms in total. The molecule has 2 bridgehead atoms. The lowest BCUT2D eigenvalue weighted by molar-refractivity contribution is 0.361. The van der Waals surface area contributed by atoms with Crippen LogP contribution in [0.2, 0.25) is 0 Å². The topological polar surface area (TPSA) is 63.6 Å². The summed E-state index contributed by atoms with van der Waals surface area (Å²) in [6, 6.07) is 9.97. The SMILES string of the molecule is COc1c(O)c2cc(S(=O)(=O)c3ccccc3)c1CCCC2. The fourth-order valence-corrected chi connectivity index (χ4v) is 4.53. The maximum atomic E-state index is 12.9. The average molecular weight is 318 g/mol. The molecule has 5 heteroatoms. The number of rotatable bonds is 3. The number of phenols is 1. The van der Waals surface area contributed by atoms with Gasteiger partial charge in [-0.1, -0.05) is 18.2 Å². The first-order valence-corrected chi connectivity index (χ1v) is 8.76. The van der Waals surface area contributed by atoms with Gasteiger partial charge in [0, 0.05) is 5.56 Å². The fraction of sp³-hybridized carbons (Fsp3) is 0.294. The van der Waals surface area contributed by atoms with Crippen LogP contribution in [-0.4, -0.2) is 20.6 Å². The Morgan fingerprint density at radius 3 is 2.45 bits per heavy atom. The molecule has 2 aromatic rings. The molecule has 0 radical (unpaired) electrons. The van der Waals surface area contributed by atoms with Gasteiger partial charge in [0.15, 0.2) is 11.5 Å². The molecule has 0 aliphatic heterocycles. The third-order valence-electron chi connectivity index (χ3n) is 4.07. The number of fused-ring (bicyclic) bond motifs is 5. The van der Waals surface area contributed by atoms with Crippen molar-refractivity contribution in [2.24, 2.45) is 0 Å². The van der Waals surface area contributed by atoms with E-state index in [4.69, 9.17) is 4.74 Å². The summed E-state index contributed by atoms with van der Waals surface area (Å²) in [4.78, 5) is 0.513. The molecule has 0 amide bonds. The molecule has 116 valence electrons. The minimum atomic E-state index is -3.62. The molecule has 0 atom stereocenters. The van der Waals surface area contributed by atoms with Crippen molar-refractivity contribution in [1.29, 1.82) is 0 Å². The number of methoxy groups -OCH3 is 1. The molecule has 0 spiro atoms. The Morgan fingerprint density at radius 1 is 1.09 bits per heavy atom. The first kappa shape index (κ1) is 14.9. The molecule has 2 aliphatic rings. The second-order valence-electron chi connectivity index (χ2n) is 5.42. The third kappa shape index (κ3) is 2.35. The van der Waals surface area contributed by atoms with Gasteiger partial charge in [0.2, 0.25) is 9.84 Å². The molecule has 0 unspecified atom stereocenters. The number of aryl methyl sites for hydroxylation is 1. The van der Waals surface area contributed by atoms with Gasteiger partial charge in [0.25, 0.3) is 0 Å². The second kappa shape index (κ2) is 5.65. The predicted molar refractivity (Wildman–Crippen MR) is 83.2 cm³/mol. The van der Waals surface area contributed by atoms with Crippen molar-refractivity contribution >= 4 is 9.84 Å². The third-order valence-corrected chi connectivity index (χ3v) is 5.90. The largest absolute Gasteiger partial charge is 0.504 e. The van der Waals surface area contributed by atoms with Crippen LogP contribution in [0.15, 0.2) is 46.2 Å². The van der Waals surface area contributed by atoms with Crippen LogP contribution in [-0.2, 0) is 22.7 Å². The summed E-state index contributed by atoms with van der Waals surface area (Å²) in [6.07, 6.45) is 3.04. The van der Waals surface area contributed by atoms with E-state index in [9.17, 15) is 13.5 Å². The molecule has 4 rings (SSSR count). The van der Waals surface area contributed by atoms with Gasteiger partial charge in [-0.2, -0.15) is 0 Å². The highest BCUT2D eigenvalue weighted by Crippen LogP contribution is 2.42. The number of ether oxygens (including phenoxy) is 1. The zero-order chi connectivity index (χ0) is 15.7. The Kier molecular flexibility index (Phi) is 3.83. The zero-order valence-electron chi connectivity index (χ0n) is 12.4. The first-order chi connectivity index (χ1) is 10.6. The summed E-state index contributed by atoms with van der Waals surface area (Å²) in [5, 5.41) is 10.3. The van der Waals surface area contributed by atoms with Gasteiger partial charge in [-0.3, -0.25) is 0 Å². The number of phenolic OH excluding ortho intramolecular Hbond substituents is 1. The average Bonchev–Trinajstić information content (AvgIpc) is 2.49. The Morgan fingerprint density at radius 2 is 1.77 bits per heavy atom. The van der Waals surface area contributed by atoms with Gasteiger partial charge in [-0.15, -0.1) is 0 Å². The van der Waals surface area contributed by atoms with E-state index >= 15 is 0 Å². The Bertz CT molecular complexity index is 795. The first-order valence-electron chi connectivity index (χ1n) is 7.27. The van der Waals surface area contributed by atoms with Gasteiger partial charge in [0.05, 0.1) is 16.9 Å². The van der Waals surface area contributed by atoms with Gasteiger partial charge in [-0.25, -0.2) is 8.42 Å². The maximum Gasteiger partial charge on any atom is 0.207 e. The molecule has 0 heterocycles. The maximum absolute atomic E-state index is 12.9. The van der Waals surface area contributed by atoms with Gasteiger partial charge < -0.3 is 9.84 Å². The van der Waals surface area contributed by atoms with Gasteiger partial charge >= 0.3 is 0 Å². The minimum absolute atomic E-state index is 0.0733. The van der Waals surface area contributed by atoms with Gasteiger partial charge in [0.1, 0.15) is 0 Å². The summed E-state index contributed by atoms with van der Waals surface area (Å²) in [6.45, 7) is 0. The Hall–Kier alpha value is -2.01. The van der Waals surface area contributed by atoms with Crippen LogP contribution in [0.1, 0.15) is 24.0 Å². The van der Waals surface area contributed by atoms with Crippen LogP contribution in [0.25, 0.3) is 0 Å². The van der Waals surface area contributed by atoms with E-state index < -0.39 is 9.84 Å². The lowest BCUT2D eigenvalue weighted by Gasteiger charge is -2.21. The van der Waals surface area contributed by atoms with E-state index in [1.807, 2.05) is 0 Å². The van der Waals surface area contributed by atoms with Crippen LogP contribution in [0.4, 0.5) is 0 Å². The summed E-state index contributed by atoms with van der Waals surface area (Å²) >= 11 is 0. The summed E-state index contributed by atoms with van der Waals surface area (Å²) in [5.41, 5.74) is 1.21. The predicted octanol–water partition coefficient (Wildman–Crippen LogP) is 3.11. The van der Waals surface area contributed by atoms with E-state index in [0.717, 1.165) is 12.8 Å². The number of benzene rings is 2. The van der Waals surface area contributed by atoms with Crippen molar-refractivity contribution in [2.45, 2.75) is 35.5 Å². The molecule has 0 saturated heterocycles. The van der Waals surface area contributed by atoms with Crippen molar-refractivity contribution < 1.29 is 18.3 Å². The highest BCUT2D eigenvalue weighted by Gasteiger charge is 2.28. The number of sulfone groups is 1. The molecule has 0 saturated carbocycles. The van der Waals surface area contributed by atoms with Crippen molar-refractivity contribution in [3.8, 4) is 11.5 Å². The monoisotopic (exact) mass is 318 g/mol. The van der Waals surface area contributed by atoms with Gasteiger partial charge in [-0.05, 0) is 49.4 Å². The van der Waals surface area contributed by atoms with Crippen molar-refractivity contribution in [2.75, 3.05) is 7.11 Å². The van der Waals surface area contributed by atoms with E-state index in [1.54, 1.807) is 36.4 Å². The Labute approximate surface area is 130 Å². The summed E-state index contributed by atoms with van der Waals surface area (Å²) in [7, 11) is -2.16. The molecule has 0 aromatic heterocycles. The van der Waals surface area contributed by atoms with E-state index in [-0.39, 0.29) is 15.5 Å². The lowest BCUT2D eigenvalue weighted by Crippen LogP contribution is -2.11. The van der Waals surface area contributed by atoms with Crippen molar-refractivity contribution in [1.82, 2.24) is 0 Å². The van der Waals surface area contributed by atoms with Crippen LogP contribution in [0.5, 0.6) is 11.5 Å². The van der Waals surface area contributed by atoms with Crippen LogP contribution in [0.3, 0.4) is 0 Å². The minimum Gasteiger partial charge on any atom is -0.504 e. The molecule has 22 heavy (non-hydrogen) atoms. The van der Waals surface area contributed by atoms with E-state index in [0.29, 0.717) is 29.7 Å². The smallest absolute Gasteiger partial charge is 0.207 e. The highest BCUT2D eigenvalue weighted by molar-refractivity contribution is 7.91. The van der Waals surface area contributed by atoms with Crippen molar-refractivity contribution in [3.05, 3.63) is 47.5 Å². The molecule has 2 aromatic carbocycles. The Balaban J connectivity index is 2.29. The highest BCUT2D eigenvalue weighted by atomic mass is 32.2. The summed E-state index contributed by atoms with van der Waals surface area (Å²) < 4.78 is 31.2. The summed E-state index contributed by atoms with van der Waals surface area (Å²) in [5.74, 6) is 0.371.